The van der Waals surface area contributed by atoms with Gasteiger partial charge < -0.3 is 25.6 Å². The third-order valence-corrected chi connectivity index (χ3v) is 6.31. The molecule has 1 saturated heterocycles. The van der Waals surface area contributed by atoms with Crippen molar-refractivity contribution < 1.29 is 13.9 Å². The summed E-state index contributed by atoms with van der Waals surface area (Å²) in [7, 11) is 1.61. The highest BCUT2D eigenvalue weighted by atomic mass is 19.1. The minimum atomic E-state index is -0.315. The number of aryl methyl sites for hydroxylation is 1. The number of rotatable bonds is 4. The molecule has 186 valence electrons. The lowest BCUT2D eigenvalue weighted by Gasteiger charge is -2.40. The number of hydrogen-bond donors (Lipinski definition) is 2. The molecule has 36 heavy (non-hydrogen) atoms. The predicted octanol–water partition coefficient (Wildman–Crippen LogP) is 3.57. The monoisotopic (exact) mass is 490 g/mol. The first kappa shape index (κ1) is 23.3. The third-order valence-electron chi connectivity index (χ3n) is 6.31. The average Bonchev–Trinajstić information content (AvgIpc) is 3.29. The number of hydrogen-bond acceptors (Lipinski definition) is 7. The molecule has 2 amide bonds. The number of nitrogens with two attached hydrogens (primary N) is 1. The second kappa shape index (κ2) is 9.33. The van der Waals surface area contributed by atoms with Gasteiger partial charge in [0.1, 0.15) is 11.6 Å². The summed E-state index contributed by atoms with van der Waals surface area (Å²) in [6.07, 6.45) is 0. The Balaban J connectivity index is 1.35. The largest absolute Gasteiger partial charge is 0.497 e. The molecular formula is C25H27FN8O2. The van der Waals surface area contributed by atoms with E-state index < -0.39 is 0 Å². The normalized spacial score (nSPS) is 15.8. The molecule has 1 aliphatic rings. The summed E-state index contributed by atoms with van der Waals surface area (Å²) >= 11 is 0. The lowest BCUT2D eigenvalue weighted by atomic mass is 10.1. The highest BCUT2D eigenvalue weighted by molar-refractivity contribution is 5.90. The van der Waals surface area contributed by atoms with Crippen LogP contribution < -0.4 is 20.7 Å². The summed E-state index contributed by atoms with van der Waals surface area (Å²) in [5.41, 5.74) is 9.62. The Morgan fingerprint density at radius 1 is 1.14 bits per heavy atom. The maximum atomic E-state index is 13.4. The number of nitrogens with zero attached hydrogens (tertiary/aromatic N) is 6. The van der Waals surface area contributed by atoms with Crippen LogP contribution in [-0.4, -0.2) is 63.3 Å². The molecule has 2 aromatic carbocycles. The molecule has 0 bridgehead atoms. The predicted molar refractivity (Wildman–Crippen MR) is 136 cm³/mol. The van der Waals surface area contributed by atoms with E-state index in [1.54, 1.807) is 34.7 Å². The smallest absolute Gasteiger partial charge is 0.321 e. The van der Waals surface area contributed by atoms with Gasteiger partial charge in [0.15, 0.2) is 5.65 Å². The highest BCUT2D eigenvalue weighted by Gasteiger charge is 2.30. The lowest BCUT2D eigenvalue weighted by Crippen LogP contribution is -2.55. The van der Waals surface area contributed by atoms with Crippen LogP contribution in [0.25, 0.3) is 16.9 Å². The second-order valence-electron chi connectivity index (χ2n) is 8.79. The van der Waals surface area contributed by atoms with E-state index >= 15 is 0 Å². The van der Waals surface area contributed by atoms with Crippen molar-refractivity contribution in [3.8, 4) is 17.0 Å². The van der Waals surface area contributed by atoms with Gasteiger partial charge in [0.05, 0.1) is 12.8 Å². The van der Waals surface area contributed by atoms with Gasteiger partial charge in [-0.3, -0.25) is 0 Å². The van der Waals surface area contributed by atoms with Crippen LogP contribution in [0.3, 0.4) is 0 Å². The minimum absolute atomic E-state index is 0.0579. The molecule has 0 radical (unpaired) electrons. The van der Waals surface area contributed by atoms with Gasteiger partial charge >= 0.3 is 6.03 Å². The number of aromatic nitrogens is 4. The van der Waals surface area contributed by atoms with Crippen LogP contribution in [-0.2, 0) is 0 Å². The number of amides is 2. The third kappa shape index (κ3) is 4.47. The van der Waals surface area contributed by atoms with Gasteiger partial charge in [-0.25, -0.2) is 9.18 Å². The summed E-state index contributed by atoms with van der Waals surface area (Å²) in [4.78, 5) is 25.6. The van der Waals surface area contributed by atoms with Crippen LogP contribution >= 0.6 is 0 Å². The topological polar surface area (TPSA) is 114 Å². The van der Waals surface area contributed by atoms with Gasteiger partial charge in [0.25, 0.3) is 0 Å². The fourth-order valence-electron chi connectivity index (χ4n) is 4.37. The zero-order valence-electron chi connectivity index (χ0n) is 20.3. The molecule has 0 aliphatic carbocycles. The molecule has 1 atom stereocenters. The zero-order valence-corrected chi connectivity index (χ0v) is 20.3. The number of anilines is 3. The number of nitrogen functional groups attached to an aromatic ring is 1. The number of fused-ring (bicyclic) bond motifs is 1. The number of benzene rings is 2. The fourth-order valence-corrected chi connectivity index (χ4v) is 4.37. The standard InChI is InChI=1S/C25H27FN8O2/c1-15-12-19(36-3)8-9-20(15)28-25(35)32-10-11-33(16(2)14-32)24-30-23(27)29-22-13-21(31-34(22)24)17-4-6-18(26)7-5-17/h4-9,12-13,16H,10-11,14H2,1-3H3,(H2,27,29)(H,28,35)/t16-/m0/s1. The molecule has 0 spiro atoms. The van der Waals surface area contributed by atoms with E-state index in [0.717, 1.165) is 22.6 Å². The van der Waals surface area contributed by atoms with Crippen molar-refractivity contribution in [1.82, 2.24) is 24.5 Å². The number of methoxy groups -OCH3 is 1. The van der Waals surface area contributed by atoms with E-state index in [4.69, 9.17) is 10.5 Å². The van der Waals surface area contributed by atoms with Crippen molar-refractivity contribution in [2.75, 3.05) is 42.7 Å². The Labute approximate surface area is 207 Å². The zero-order chi connectivity index (χ0) is 25.4. The maximum Gasteiger partial charge on any atom is 0.321 e. The van der Waals surface area contributed by atoms with Crippen molar-refractivity contribution in [3.05, 3.63) is 59.9 Å². The molecule has 2 aromatic heterocycles. The second-order valence-corrected chi connectivity index (χ2v) is 8.79. The van der Waals surface area contributed by atoms with Crippen molar-refractivity contribution >= 4 is 29.3 Å². The molecule has 3 heterocycles. The van der Waals surface area contributed by atoms with Crippen LogP contribution in [0.1, 0.15) is 12.5 Å². The minimum Gasteiger partial charge on any atom is -0.497 e. The molecule has 0 saturated carbocycles. The van der Waals surface area contributed by atoms with Crippen molar-refractivity contribution in [2.24, 2.45) is 0 Å². The van der Waals surface area contributed by atoms with Crippen LogP contribution in [0, 0.1) is 12.7 Å². The van der Waals surface area contributed by atoms with Gasteiger partial charge in [-0.2, -0.15) is 19.6 Å². The van der Waals surface area contributed by atoms with Crippen LogP contribution in [0.2, 0.25) is 0 Å². The molecule has 0 unspecified atom stereocenters. The molecular weight excluding hydrogens is 463 g/mol. The van der Waals surface area contributed by atoms with E-state index in [2.05, 4.69) is 25.3 Å². The molecule has 1 fully saturated rings. The van der Waals surface area contributed by atoms with Crippen molar-refractivity contribution in [2.45, 2.75) is 19.9 Å². The average molecular weight is 491 g/mol. The fraction of sp³-hybridized carbons (Fsp3) is 0.280. The van der Waals surface area contributed by atoms with Crippen molar-refractivity contribution in [3.63, 3.8) is 0 Å². The van der Waals surface area contributed by atoms with E-state index in [9.17, 15) is 9.18 Å². The van der Waals surface area contributed by atoms with E-state index in [-0.39, 0.29) is 23.8 Å². The first-order valence-corrected chi connectivity index (χ1v) is 11.6. The van der Waals surface area contributed by atoms with Gasteiger partial charge in [-0.15, -0.1) is 0 Å². The molecule has 3 N–H and O–H groups in total. The van der Waals surface area contributed by atoms with E-state index in [1.165, 1.54) is 12.1 Å². The number of urea groups is 1. The Morgan fingerprint density at radius 3 is 2.61 bits per heavy atom. The Hall–Kier alpha value is -4.41. The van der Waals surface area contributed by atoms with Gasteiger partial charge in [0.2, 0.25) is 11.9 Å². The maximum absolute atomic E-state index is 13.4. The molecule has 1 aliphatic heterocycles. The number of ether oxygens (including phenoxy) is 1. The first-order chi connectivity index (χ1) is 17.3. The molecule has 10 nitrogen and oxygen atoms in total. The lowest BCUT2D eigenvalue weighted by molar-refractivity contribution is 0.199. The van der Waals surface area contributed by atoms with E-state index in [1.807, 2.05) is 32.0 Å². The SMILES string of the molecule is COc1ccc(NC(=O)N2CCN(c3nc(N)nc4cc(-c5ccc(F)cc5)nn34)[C@@H](C)C2)c(C)c1. The van der Waals surface area contributed by atoms with E-state index in [0.29, 0.717) is 36.9 Å². The van der Waals surface area contributed by atoms with Gasteiger partial charge in [-0.05, 0) is 61.9 Å². The summed E-state index contributed by atoms with van der Waals surface area (Å²) in [6.45, 7) is 5.45. The van der Waals surface area contributed by atoms with Crippen LogP contribution in [0.5, 0.6) is 5.75 Å². The number of carbonyl (C=O) groups is 1. The molecule has 5 rings (SSSR count). The summed E-state index contributed by atoms with van der Waals surface area (Å²) in [5, 5.41) is 7.66. The summed E-state index contributed by atoms with van der Waals surface area (Å²) in [6, 6.07) is 13.2. The molecule has 4 aromatic rings. The molecule has 11 heteroatoms. The Kier molecular flexibility index (Phi) is 6.05. The van der Waals surface area contributed by atoms with Crippen molar-refractivity contribution in [1.29, 1.82) is 0 Å². The summed E-state index contributed by atoms with van der Waals surface area (Å²) in [5.74, 6) is 1.10. The Morgan fingerprint density at radius 2 is 1.92 bits per heavy atom. The van der Waals surface area contributed by atoms with Crippen LogP contribution in [0.15, 0.2) is 48.5 Å². The quantitative estimate of drug-likeness (QED) is 0.450. The number of nitrogens with one attached hydrogen (secondary N) is 1. The van der Waals surface area contributed by atoms with Crippen LogP contribution in [0.4, 0.5) is 26.8 Å². The van der Waals surface area contributed by atoms with Gasteiger partial charge in [-0.1, -0.05) is 0 Å². The Bertz CT molecular complexity index is 1420. The number of halogens is 1. The number of carbonyl (C=O) groups excluding carboxylic acids is 1. The van der Waals surface area contributed by atoms with Gasteiger partial charge in [0, 0.05) is 43.0 Å². The highest BCUT2D eigenvalue weighted by Crippen LogP contribution is 2.26. The number of piperazine rings is 1. The summed E-state index contributed by atoms with van der Waals surface area (Å²) < 4.78 is 20.2. The first-order valence-electron chi connectivity index (χ1n) is 11.6.